The number of hydrogen-bond donors (Lipinski definition) is 2. The monoisotopic (exact) mass is 580 g/mol. The number of aromatic hydroxyl groups is 1. The van der Waals surface area contributed by atoms with Crippen LogP contribution in [0.5, 0.6) is 5.75 Å². The van der Waals surface area contributed by atoms with Gasteiger partial charge in [-0.25, -0.2) is 0 Å². The Morgan fingerprint density at radius 1 is 0.927 bits per heavy atom. The molecule has 0 atom stereocenters. The van der Waals surface area contributed by atoms with Crippen LogP contribution in [-0.4, -0.2) is 103 Å². The second-order valence-corrected chi connectivity index (χ2v) is 11.1. The van der Waals surface area contributed by atoms with E-state index in [-0.39, 0.29) is 11.7 Å². The Morgan fingerprint density at radius 3 is 2.27 bits per heavy atom. The number of anilines is 3. The lowest BCUT2D eigenvalue weighted by Gasteiger charge is -2.35. The number of phenolic OH excluding ortho intramolecular Hbond substituents is 1. The van der Waals surface area contributed by atoms with Gasteiger partial charge in [-0.1, -0.05) is 35.9 Å². The van der Waals surface area contributed by atoms with Crippen LogP contribution in [0, 0.1) is 0 Å². The maximum absolute atomic E-state index is 12.0. The van der Waals surface area contributed by atoms with Gasteiger partial charge in [-0.05, 0) is 54.7 Å². The Bertz CT molecular complexity index is 1250. The summed E-state index contributed by atoms with van der Waals surface area (Å²) in [5, 5.41) is 13.7. The van der Waals surface area contributed by atoms with Crippen molar-refractivity contribution < 1.29 is 9.90 Å². The van der Waals surface area contributed by atoms with E-state index in [2.05, 4.69) is 32.1 Å². The van der Waals surface area contributed by atoms with E-state index in [1.807, 2.05) is 31.3 Å². The number of amides is 1. The van der Waals surface area contributed by atoms with Gasteiger partial charge in [-0.3, -0.25) is 9.69 Å². The zero-order chi connectivity index (χ0) is 29.2. The second kappa shape index (κ2) is 14.8. The molecule has 1 saturated heterocycles. The summed E-state index contributed by atoms with van der Waals surface area (Å²) >= 11 is 6.03. The van der Waals surface area contributed by atoms with E-state index in [0.717, 1.165) is 69.1 Å². The summed E-state index contributed by atoms with van der Waals surface area (Å²) < 4.78 is 0. The molecule has 0 saturated carbocycles. The zero-order valence-corrected chi connectivity index (χ0v) is 25.0. The van der Waals surface area contributed by atoms with Crippen molar-refractivity contribution in [2.24, 2.45) is 0 Å². The summed E-state index contributed by atoms with van der Waals surface area (Å²) in [7, 11) is 5.61. The Labute approximate surface area is 248 Å². The maximum Gasteiger partial charge on any atom is 0.232 e. The van der Waals surface area contributed by atoms with Gasteiger partial charge in [-0.2, -0.15) is 15.0 Å². The van der Waals surface area contributed by atoms with Crippen molar-refractivity contribution in [3.05, 3.63) is 64.7 Å². The first-order chi connectivity index (χ1) is 19.8. The van der Waals surface area contributed by atoms with E-state index < -0.39 is 0 Å². The van der Waals surface area contributed by atoms with Crippen LogP contribution in [-0.2, 0) is 17.6 Å². The minimum absolute atomic E-state index is 0.150. The third kappa shape index (κ3) is 9.47. The smallest absolute Gasteiger partial charge is 0.232 e. The number of aryl methyl sites for hydroxylation is 1. The van der Waals surface area contributed by atoms with Gasteiger partial charge in [0.05, 0.1) is 0 Å². The molecule has 0 unspecified atom stereocenters. The first-order valence-electron chi connectivity index (χ1n) is 14.2. The third-order valence-corrected chi connectivity index (χ3v) is 7.51. The number of nitrogens with zero attached hydrogens (tertiary/aromatic N) is 7. The average Bonchev–Trinajstić information content (AvgIpc) is 2.98. The Hall–Kier alpha value is -3.63. The van der Waals surface area contributed by atoms with E-state index >= 15 is 0 Å². The van der Waals surface area contributed by atoms with Gasteiger partial charge in [0.15, 0.2) is 0 Å². The first kappa shape index (κ1) is 30.3. The van der Waals surface area contributed by atoms with Crippen LogP contribution in [0.1, 0.15) is 24.0 Å². The van der Waals surface area contributed by atoms with Crippen LogP contribution in [0.3, 0.4) is 0 Å². The topological polar surface area (TPSA) is 101 Å². The number of phenols is 1. The van der Waals surface area contributed by atoms with Crippen molar-refractivity contribution >= 4 is 35.4 Å². The first-order valence-corrected chi connectivity index (χ1v) is 14.6. The summed E-state index contributed by atoms with van der Waals surface area (Å²) in [6, 6.07) is 15.2. The molecule has 1 fully saturated rings. The van der Waals surface area contributed by atoms with E-state index in [1.54, 1.807) is 31.1 Å². The molecule has 2 aromatic carbocycles. The molecular weight excluding hydrogens is 540 g/mol. The summed E-state index contributed by atoms with van der Waals surface area (Å²) in [5.41, 5.74) is 2.37. The number of piperazine rings is 1. The van der Waals surface area contributed by atoms with Gasteiger partial charge in [0.2, 0.25) is 23.8 Å². The van der Waals surface area contributed by atoms with Crippen molar-refractivity contribution in [1.29, 1.82) is 0 Å². The number of carbonyl (C=O) groups is 1. The molecule has 11 heteroatoms. The van der Waals surface area contributed by atoms with Crippen LogP contribution in [0.2, 0.25) is 5.02 Å². The lowest BCUT2D eigenvalue weighted by molar-refractivity contribution is -0.129. The van der Waals surface area contributed by atoms with Crippen LogP contribution < -0.4 is 15.1 Å². The van der Waals surface area contributed by atoms with Gasteiger partial charge in [-0.15, -0.1) is 0 Å². The summed E-state index contributed by atoms with van der Waals surface area (Å²) in [6.07, 6.45) is 3.19. The van der Waals surface area contributed by atoms with E-state index in [9.17, 15) is 9.90 Å². The number of benzene rings is 2. The molecule has 1 amide bonds. The lowest BCUT2D eigenvalue weighted by Crippen LogP contribution is -2.48. The van der Waals surface area contributed by atoms with Crippen LogP contribution in [0.15, 0.2) is 48.5 Å². The fourth-order valence-electron chi connectivity index (χ4n) is 4.65. The normalized spacial score (nSPS) is 13.7. The highest BCUT2D eigenvalue weighted by Gasteiger charge is 2.22. The number of rotatable bonds is 13. The number of halogens is 1. The molecule has 2 N–H and O–H groups in total. The lowest BCUT2D eigenvalue weighted by atomic mass is 10.1. The van der Waals surface area contributed by atoms with Crippen molar-refractivity contribution in [3.63, 3.8) is 0 Å². The molecule has 220 valence electrons. The van der Waals surface area contributed by atoms with Crippen molar-refractivity contribution in [2.45, 2.75) is 25.7 Å². The van der Waals surface area contributed by atoms with Crippen molar-refractivity contribution in [3.8, 4) is 5.75 Å². The molecule has 1 aliphatic rings. The van der Waals surface area contributed by atoms with E-state index in [1.165, 1.54) is 5.56 Å². The largest absolute Gasteiger partial charge is 0.508 e. The molecule has 1 aliphatic heterocycles. The van der Waals surface area contributed by atoms with Crippen LogP contribution >= 0.6 is 11.6 Å². The van der Waals surface area contributed by atoms with Gasteiger partial charge in [0.1, 0.15) is 5.75 Å². The molecule has 0 aliphatic carbocycles. The zero-order valence-electron chi connectivity index (χ0n) is 24.3. The molecule has 0 spiro atoms. The summed E-state index contributed by atoms with van der Waals surface area (Å²) in [5.74, 6) is 2.26. The molecule has 10 nitrogen and oxygen atoms in total. The summed E-state index contributed by atoms with van der Waals surface area (Å²) in [4.78, 5) is 34.6. The van der Waals surface area contributed by atoms with Crippen molar-refractivity contribution in [1.82, 2.24) is 24.8 Å². The minimum atomic E-state index is 0.150. The van der Waals surface area contributed by atoms with Crippen LogP contribution in [0.4, 0.5) is 17.8 Å². The van der Waals surface area contributed by atoms with Gasteiger partial charge in [0.25, 0.3) is 0 Å². The highest BCUT2D eigenvalue weighted by molar-refractivity contribution is 6.30. The van der Waals surface area contributed by atoms with Gasteiger partial charge >= 0.3 is 0 Å². The van der Waals surface area contributed by atoms with Gasteiger partial charge in [0, 0.05) is 78.4 Å². The van der Waals surface area contributed by atoms with E-state index in [4.69, 9.17) is 26.6 Å². The Kier molecular flexibility index (Phi) is 11.0. The molecule has 2 heterocycles. The second-order valence-electron chi connectivity index (χ2n) is 10.6. The molecule has 0 bridgehead atoms. The number of nitrogens with one attached hydrogen (secondary N) is 1. The predicted octanol–water partition coefficient (Wildman–Crippen LogP) is 3.55. The highest BCUT2D eigenvalue weighted by Crippen LogP contribution is 2.19. The summed E-state index contributed by atoms with van der Waals surface area (Å²) in [6.45, 7) is 5.48. The molecule has 3 aromatic rings. The highest BCUT2D eigenvalue weighted by atomic mass is 35.5. The fourth-order valence-corrected chi connectivity index (χ4v) is 4.77. The van der Waals surface area contributed by atoms with Gasteiger partial charge < -0.3 is 25.1 Å². The van der Waals surface area contributed by atoms with Crippen molar-refractivity contribution in [2.75, 3.05) is 82.1 Å². The molecule has 41 heavy (non-hydrogen) atoms. The SMILES string of the molecule is CN(C)C(=O)CCN1CCN(c2nc(NCCc3ccc(O)cc3)nc(N(C)CCCc3ccc(Cl)cc3)n2)CC1. The predicted molar refractivity (Wildman–Crippen MR) is 165 cm³/mol. The number of aromatic nitrogens is 3. The fraction of sp³-hybridized carbons (Fsp3) is 0.467. The Morgan fingerprint density at radius 2 is 1.59 bits per heavy atom. The Balaban J connectivity index is 1.40. The molecule has 0 radical (unpaired) electrons. The average molecular weight is 581 g/mol. The maximum atomic E-state index is 12.0. The standard InChI is InChI=1S/C30H41ClN8O2/c1-36(2)27(41)15-18-38-19-21-39(22-20-38)30-34-28(32-16-14-24-8-12-26(40)13-9-24)33-29(35-30)37(3)17-4-5-23-6-10-25(31)11-7-23/h6-13,40H,4-5,14-22H2,1-3H3,(H,32,33,34,35). The van der Waals surface area contributed by atoms with Crippen LogP contribution in [0.25, 0.3) is 0 Å². The number of hydrogen-bond acceptors (Lipinski definition) is 9. The third-order valence-electron chi connectivity index (χ3n) is 7.25. The van der Waals surface area contributed by atoms with E-state index in [0.29, 0.717) is 30.8 Å². The quantitative estimate of drug-likeness (QED) is 0.314. The molecule has 4 rings (SSSR count). The molecule has 1 aromatic heterocycles. The molecular formula is C30H41ClN8O2. The number of carbonyl (C=O) groups excluding carboxylic acids is 1. The minimum Gasteiger partial charge on any atom is -0.508 e.